The van der Waals surface area contributed by atoms with Crippen molar-refractivity contribution in [2.75, 3.05) is 0 Å². The Bertz CT molecular complexity index is 1530. The molecule has 1 aliphatic rings. The zero-order chi connectivity index (χ0) is 24.9. The summed E-state index contributed by atoms with van der Waals surface area (Å²) in [6, 6.07) is 19.0. The van der Waals surface area contributed by atoms with E-state index in [1.165, 1.54) is 12.1 Å². The molecule has 0 amide bonds. The number of ether oxygens (including phenoxy) is 2. The summed E-state index contributed by atoms with van der Waals surface area (Å²) in [5, 5.41) is 15.5. The molecule has 0 aliphatic heterocycles. The minimum atomic E-state index is -4.75. The SMILES string of the molecule is FC(F)(F)Oc1ccc(-c2ccc3c(c2)c(Cl)c(-c2nn[nH]n2)n3-c2ccc(OC3CC3)cc2)cc1. The first kappa shape index (κ1) is 22.4. The normalized spacial score (nSPS) is 13.8. The van der Waals surface area contributed by atoms with Crippen LogP contribution in [0.1, 0.15) is 12.8 Å². The van der Waals surface area contributed by atoms with E-state index in [2.05, 4.69) is 25.4 Å². The molecule has 11 heteroatoms. The first-order valence-corrected chi connectivity index (χ1v) is 11.4. The average Bonchev–Trinajstić information content (AvgIpc) is 3.41. The zero-order valence-electron chi connectivity index (χ0n) is 18.5. The number of aromatic nitrogens is 5. The third-order valence-electron chi connectivity index (χ3n) is 5.81. The Balaban J connectivity index is 1.43. The number of fused-ring (bicyclic) bond motifs is 1. The second-order valence-electron chi connectivity index (χ2n) is 8.35. The minimum Gasteiger partial charge on any atom is -0.490 e. The Hall–Kier alpha value is -4.05. The van der Waals surface area contributed by atoms with Gasteiger partial charge in [-0.1, -0.05) is 29.8 Å². The van der Waals surface area contributed by atoms with Crippen molar-refractivity contribution in [1.82, 2.24) is 25.2 Å². The lowest BCUT2D eigenvalue weighted by Gasteiger charge is -2.11. The lowest BCUT2D eigenvalue weighted by Crippen LogP contribution is -2.16. The maximum absolute atomic E-state index is 12.5. The van der Waals surface area contributed by atoms with Gasteiger partial charge in [-0.25, -0.2) is 0 Å². The average molecular weight is 512 g/mol. The number of hydrogen-bond acceptors (Lipinski definition) is 5. The lowest BCUT2D eigenvalue weighted by atomic mass is 10.0. The number of alkyl halides is 3. The molecule has 1 aliphatic carbocycles. The van der Waals surface area contributed by atoms with Crippen LogP contribution in [0.25, 0.3) is 39.2 Å². The van der Waals surface area contributed by atoms with Crippen LogP contribution in [-0.4, -0.2) is 37.7 Å². The molecule has 0 spiro atoms. The van der Waals surface area contributed by atoms with Crippen molar-refractivity contribution >= 4 is 22.5 Å². The van der Waals surface area contributed by atoms with Crippen molar-refractivity contribution in [3.05, 3.63) is 71.8 Å². The standard InChI is InChI=1S/C25H17ClF3N5O2/c26-22-20-13-15(14-1-6-19(7-2-14)36-25(27,28)29)3-12-21(20)34(23(22)24-30-32-33-31-24)16-4-8-17(9-5-16)35-18-10-11-18/h1-9,12-13,18H,10-11H2,(H,30,31,32,33). The van der Waals surface area contributed by atoms with Gasteiger partial charge in [0.25, 0.3) is 0 Å². The summed E-state index contributed by atoms with van der Waals surface area (Å²) >= 11 is 6.86. The van der Waals surface area contributed by atoms with Crippen LogP contribution in [0.2, 0.25) is 5.02 Å². The summed E-state index contributed by atoms with van der Waals surface area (Å²) in [6.07, 6.45) is -2.31. The minimum absolute atomic E-state index is 0.287. The molecule has 36 heavy (non-hydrogen) atoms. The van der Waals surface area contributed by atoms with Crippen molar-refractivity contribution < 1.29 is 22.6 Å². The highest BCUT2D eigenvalue weighted by molar-refractivity contribution is 6.38. The molecule has 1 fully saturated rings. The highest BCUT2D eigenvalue weighted by atomic mass is 35.5. The lowest BCUT2D eigenvalue weighted by molar-refractivity contribution is -0.274. The Kier molecular flexibility index (Phi) is 5.33. The molecule has 0 radical (unpaired) electrons. The van der Waals surface area contributed by atoms with Gasteiger partial charge in [0.1, 0.15) is 17.2 Å². The fourth-order valence-corrected chi connectivity index (χ4v) is 4.38. The molecule has 0 saturated heterocycles. The molecule has 2 heterocycles. The summed E-state index contributed by atoms with van der Waals surface area (Å²) in [7, 11) is 0. The number of benzene rings is 3. The second-order valence-corrected chi connectivity index (χ2v) is 8.73. The van der Waals surface area contributed by atoms with E-state index in [1.54, 1.807) is 12.1 Å². The van der Waals surface area contributed by atoms with Crippen molar-refractivity contribution in [3.8, 4) is 39.8 Å². The molecular formula is C25H17ClF3N5O2. The summed E-state index contributed by atoms with van der Waals surface area (Å²) in [5.74, 6) is 0.833. The van der Waals surface area contributed by atoms with E-state index < -0.39 is 6.36 Å². The van der Waals surface area contributed by atoms with Gasteiger partial charge in [-0.3, -0.25) is 0 Å². The van der Waals surface area contributed by atoms with Crippen LogP contribution < -0.4 is 9.47 Å². The van der Waals surface area contributed by atoms with Crippen molar-refractivity contribution in [2.24, 2.45) is 0 Å². The molecule has 6 rings (SSSR count). The summed E-state index contributed by atoms with van der Waals surface area (Å²) in [6.45, 7) is 0. The molecule has 3 aromatic carbocycles. The van der Waals surface area contributed by atoms with Gasteiger partial charge >= 0.3 is 6.36 Å². The van der Waals surface area contributed by atoms with E-state index in [4.69, 9.17) is 16.3 Å². The van der Waals surface area contributed by atoms with Crippen LogP contribution in [0.3, 0.4) is 0 Å². The molecule has 2 aromatic heterocycles. The Morgan fingerprint density at radius 3 is 2.25 bits per heavy atom. The number of H-pyrrole nitrogens is 1. The van der Waals surface area contributed by atoms with Crippen LogP contribution in [0.5, 0.6) is 11.5 Å². The molecule has 0 bridgehead atoms. The predicted molar refractivity (Wildman–Crippen MR) is 127 cm³/mol. The molecule has 5 aromatic rings. The number of nitrogens with one attached hydrogen (secondary N) is 1. The highest BCUT2D eigenvalue weighted by Crippen LogP contribution is 2.40. The van der Waals surface area contributed by atoms with Crippen LogP contribution >= 0.6 is 11.6 Å². The number of nitrogens with zero attached hydrogens (tertiary/aromatic N) is 4. The number of hydrogen-bond donors (Lipinski definition) is 1. The Labute approximate surface area is 207 Å². The molecule has 1 N–H and O–H groups in total. The Morgan fingerprint density at radius 2 is 1.61 bits per heavy atom. The van der Waals surface area contributed by atoms with Crippen LogP contribution in [0, 0.1) is 0 Å². The molecule has 182 valence electrons. The van der Waals surface area contributed by atoms with E-state index in [0.717, 1.165) is 40.7 Å². The summed E-state index contributed by atoms with van der Waals surface area (Å²) in [4.78, 5) is 0. The van der Waals surface area contributed by atoms with Gasteiger partial charge in [0.2, 0.25) is 5.82 Å². The van der Waals surface area contributed by atoms with E-state index in [1.807, 2.05) is 47.0 Å². The topological polar surface area (TPSA) is 77.9 Å². The number of tetrazole rings is 1. The van der Waals surface area contributed by atoms with Gasteiger partial charge in [0.15, 0.2) is 0 Å². The third-order valence-corrected chi connectivity index (χ3v) is 6.19. The largest absolute Gasteiger partial charge is 0.573 e. The predicted octanol–water partition coefficient (Wildman–Crippen LogP) is 6.57. The summed E-state index contributed by atoms with van der Waals surface area (Å²) in [5.41, 5.74) is 3.67. The van der Waals surface area contributed by atoms with Gasteiger partial charge in [-0.05, 0) is 77.7 Å². The van der Waals surface area contributed by atoms with E-state index in [9.17, 15) is 13.2 Å². The van der Waals surface area contributed by atoms with Gasteiger partial charge in [-0.2, -0.15) is 5.21 Å². The van der Waals surface area contributed by atoms with Crippen molar-refractivity contribution in [3.63, 3.8) is 0 Å². The van der Waals surface area contributed by atoms with E-state index >= 15 is 0 Å². The first-order chi connectivity index (χ1) is 17.4. The summed E-state index contributed by atoms with van der Waals surface area (Å²) < 4.78 is 49.3. The van der Waals surface area contributed by atoms with Crippen molar-refractivity contribution in [2.45, 2.75) is 25.3 Å². The smallest absolute Gasteiger partial charge is 0.490 e. The number of halogens is 4. The van der Waals surface area contributed by atoms with Crippen LogP contribution in [-0.2, 0) is 0 Å². The fraction of sp³-hybridized carbons (Fsp3) is 0.160. The van der Waals surface area contributed by atoms with E-state index in [-0.39, 0.29) is 5.75 Å². The molecule has 7 nitrogen and oxygen atoms in total. The van der Waals surface area contributed by atoms with Gasteiger partial charge in [0.05, 0.1) is 16.6 Å². The Morgan fingerprint density at radius 1 is 0.917 bits per heavy atom. The second kappa shape index (κ2) is 8.56. The quantitative estimate of drug-likeness (QED) is 0.279. The van der Waals surface area contributed by atoms with Crippen LogP contribution in [0.4, 0.5) is 13.2 Å². The van der Waals surface area contributed by atoms with E-state index in [0.29, 0.717) is 28.2 Å². The maximum Gasteiger partial charge on any atom is 0.573 e. The monoisotopic (exact) mass is 511 g/mol. The molecule has 0 atom stereocenters. The third kappa shape index (κ3) is 4.35. The fourth-order valence-electron chi connectivity index (χ4n) is 4.06. The van der Waals surface area contributed by atoms with Crippen molar-refractivity contribution in [1.29, 1.82) is 0 Å². The molecule has 1 saturated carbocycles. The first-order valence-electron chi connectivity index (χ1n) is 11.1. The molecule has 0 unspecified atom stereocenters. The number of rotatable bonds is 6. The van der Waals surface area contributed by atoms with Gasteiger partial charge in [-0.15, -0.1) is 23.4 Å². The number of aromatic amines is 1. The zero-order valence-corrected chi connectivity index (χ0v) is 19.2. The molecular weight excluding hydrogens is 495 g/mol. The maximum atomic E-state index is 12.5. The van der Waals surface area contributed by atoms with Gasteiger partial charge < -0.3 is 14.0 Å². The van der Waals surface area contributed by atoms with Crippen LogP contribution in [0.15, 0.2) is 66.7 Å². The highest BCUT2D eigenvalue weighted by Gasteiger charge is 2.31. The van der Waals surface area contributed by atoms with Gasteiger partial charge in [0, 0.05) is 11.1 Å².